The lowest BCUT2D eigenvalue weighted by Gasteiger charge is -2.32. The summed E-state index contributed by atoms with van der Waals surface area (Å²) in [6, 6.07) is 0. The minimum absolute atomic E-state index is 0.0866. The van der Waals surface area contributed by atoms with E-state index in [2.05, 4.69) is 12.6 Å². The Morgan fingerprint density at radius 1 is 1.57 bits per heavy atom. The molecule has 1 heterocycles. The third kappa shape index (κ3) is 3.10. The van der Waals surface area contributed by atoms with Gasteiger partial charge in [0, 0.05) is 31.7 Å². The van der Waals surface area contributed by atoms with Crippen LogP contribution in [-0.4, -0.2) is 41.8 Å². The van der Waals surface area contributed by atoms with E-state index in [1.165, 1.54) is 0 Å². The van der Waals surface area contributed by atoms with E-state index in [0.717, 1.165) is 25.9 Å². The SMILES string of the molecule is N=C(CS)N1CCC(OC(N)=O)CC1. The number of carbonyl (C=O) groups excluding carboxylic acids is 1. The van der Waals surface area contributed by atoms with E-state index in [4.69, 9.17) is 15.9 Å². The van der Waals surface area contributed by atoms with Gasteiger partial charge in [0.1, 0.15) is 11.9 Å². The fourth-order valence-electron chi connectivity index (χ4n) is 1.51. The van der Waals surface area contributed by atoms with Crippen molar-refractivity contribution in [2.45, 2.75) is 18.9 Å². The summed E-state index contributed by atoms with van der Waals surface area (Å²) >= 11 is 4.03. The van der Waals surface area contributed by atoms with Crippen LogP contribution < -0.4 is 5.73 Å². The number of hydrogen-bond acceptors (Lipinski definition) is 4. The van der Waals surface area contributed by atoms with Gasteiger partial charge in [-0.2, -0.15) is 12.6 Å². The summed E-state index contributed by atoms with van der Waals surface area (Å²) in [6.07, 6.45) is 0.669. The Hall–Kier alpha value is -0.910. The van der Waals surface area contributed by atoms with Gasteiger partial charge in [0.2, 0.25) is 0 Å². The fourth-order valence-corrected chi connectivity index (χ4v) is 1.71. The Morgan fingerprint density at radius 2 is 2.14 bits per heavy atom. The lowest BCUT2D eigenvalue weighted by atomic mass is 10.1. The molecule has 0 aromatic rings. The topological polar surface area (TPSA) is 79.4 Å². The van der Waals surface area contributed by atoms with Crippen molar-refractivity contribution in [3.05, 3.63) is 0 Å². The maximum Gasteiger partial charge on any atom is 0.404 e. The van der Waals surface area contributed by atoms with E-state index in [-0.39, 0.29) is 6.10 Å². The number of primary amides is 1. The van der Waals surface area contributed by atoms with E-state index in [0.29, 0.717) is 11.6 Å². The number of ether oxygens (including phenoxy) is 1. The third-order valence-corrected chi connectivity index (χ3v) is 2.56. The molecule has 0 aromatic carbocycles. The van der Waals surface area contributed by atoms with E-state index < -0.39 is 6.09 Å². The standard InChI is InChI=1S/C8H15N3O2S/c9-7(5-14)11-3-1-6(2-4-11)13-8(10)12/h6,9,14H,1-5H2,(H2,10,12). The molecule has 0 atom stereocenters. The van der Waals surface area contributed by atoms with Crippen LogP contribution in [0, 0.1) is 5.41 Å². The van der Waals surface area contributed by atoms with Crippen molar-refractivity contribution in [2.24, 2.45) is 5.73 Å². The van der Waals surface area contributed by atoms with Gasteiger partial charge in [0.25, 0.3) is 0 Å². The molecule has 6 heteroatoms. The Labute approximate surface area is 88.5 Å². The second-order valence-electron chi connectivity index (χ2n) is 3.23. The number of amidine groups is 1. The first kappa shape index (κ1) is 11.2. The minimum Gasteiger partial charge on any atom is -0.446 e. The van der Waals surface area contributed by atoms with Gasteiger partial charge in [-0.3, -0.25) is 5.41 Å². The first-order chi connectivity index (χ1) is 6.63. The van der Waals surface area contributed by atoms with Crippen LogP contribution in [0.4, 0.5) is 4.79 Å². The third-order valence-electron chi connectivity index (χ3n) is 2.26. The highest BCUT2D eigenvalue weighted by Gasteiger charge is 2.22. The summed E-state index contributed by atoms with van der Waals surface area (Å²) in [4.78, 5) is 12.4. The van der Waals surface area contributed by atoms with Crippen LogP contribution in [0.5, 0.6) is 0 Å². The molecule has 80 valence electrons. The molecule has 0 spiro atoms. The normalized spacial score (nSPS) is 17.9. The van der Waals surface area contributed by atoms with Gasteiger partial charge < -0.3 is 15.4 Å². The molecule has 0 aromatic heterocycles. The summed E-state index contributed by atoms with van der Waals surface area (Å²) in [5.41, 5.74) is 4.91. The van der Waals surface area contributed by atoms with E-state index in [1.54, 1.807) is 0 Å². The number of thiol groups is 1. The predicted octanol–water partition coefficient (Wildman–Crippen LogP) is 0.453. The number of amides is 1. The Kier molecular flexibility index (Phi) is 4.06. The average molecular weight is 217 g/mol. The summed E-state index contributed by atoms with van der Waals surface area (Å²) in [7, 11) is 0. The van der Waals surface area contributed by atoms with Crippen LogP contribution in [0.25, 0.3) is 0 Å². The molecule has 1 saturated heterocycles. The van der Waals surface area contributed by atoms with Crippen LogP contribution in [0.1, 0.15) is 12.8 Å². The maximum absolute atomic E-state index is 10.5. The van der Waals surface area contributed by atoms with Crippen LogP contribution in [-0.2, 0) is 4.74 Å². The molecular formula is C8H15N3O2S. The van der Waals surface area contributed by atoms with Crippen molar-refractivity contribution in [1.82, 2.24) is 4.90 Å². The lowest BCUT2D eigenvalue weighted by molar-refractivity contribution is 0.0716. The zero-order valence-electron chi connectivity index (χ0n) is 7.90. The molecule has 1 aliphatic rings. The predicted molar refractivity (Wildman–Crippen MR) is 56.8 cm³/mol. The Morgan fingerprint density at radius 3 is 2.57 bits per heavy atom. The first-order valence-corrected chi connectivity index (χ1v) is 5.16. The maximum atomic E-state index is 10.5. The largest absolute Gasteiger partial charge is 0.446 e. The number of likely N-dealkylation sites (tertiary alicyclic amines) is 1. The zero-order chi connectivity index (χ0) is 10.6. The zero-order valence-corrected chi connectivity index (χ0v) is 8.80. The highest BCUT2D eigenvalue weighted by atomic mass is 32.1. The van der Waals surface area contributed by atoms with Crippen LogP contribution in [0.2, 0.25) is 0 Å². The van der Waals surface area contributed by atoms with Gasteiger partial charge in [0.05, 0.1) is 0 Å². The molecular weight excluding hydrogens is 202 g/mol. The molecule has 1 amide bonds. The molecule has 3 N–H and O–H groups in total. The van der Waals surface area contributed by atoms with Crippen molar-refractivity contribution in [3.8, 4) is 0 Å². The number of rotatable bonds is 2. The van der Waals surface area contributed by atoms with E-state index >= 15 is 0 Å². The number of nitrogens with zero attached hydrogens (tertiary/aromatic N) is 1. The van der Waals surface area contributed by atoms with Crippen LogP contribution >= 0.6 is 12.6 Å². The van der Waals surface area contributed by atoms with Crippen molar-refractivity contribution < 1.29 is 9.53 Å². The van der Waals surface area contributed by atoms with Gasteiger partial charge in [0.15, 0.2) is 0 Å². The monoisotopic (exact) mass is 217 g/mol. The van der Waals surface area contributed by atoms with Gasteiger partial charge >= 0.3 is 6.09 Å². The van der Waals surface area contributed by atoms with Crippen LogP contribution in [0.15, 0.2) is 0 Å². The molecule has 1 fully saturated rings. The van der Waals surface area contributed by atoms with Gasteiger partial charge in [-0.05, 0) is 0 Å². The number of carbonyl (C=O) groups is 1. The quantitative estimate of drug-likeness (QED) is 0.357. The molecule has 0 radical (unpaired) electrons. The van der Waals surface area contributed by atoms with Crippen molar-refractivity contribution in [3.63, 3.8) is 0 Å². The molecule has 14 heavy (non-hydrogen) atoms. The summed E-state index contributed by atoms with van der Waals surface area (Å²) in [5, 5.41) is 7.56. The number of hydrogen-bond donors (Lipinski definition) is 3. The molecule has 1 aliphatic heterocycles. The molecule has 0 saturated carbocycles. The Balaban J connectivity index is 2.31. The molecule has 0 bridgehead atoms. The summed E-state index contributed by atoms with van der Waals surface area (Å²) < 4.78 is 4.88. The molecule has 1 rings (SSSR count). The molecule has 0 aliphatic carbocycles. The smallest absolute Gasteiger partial charge is 0.404 e. The minimum atomic E-state index is -0.715. The number of nitrogens with one attached hydrogen (secondary N) is 1. The lowest BCUT2D eigenvalue weighted by Crippen LogP contribution is -2.42. The summed E-state index contributed by atoms with van der Waals surface area (Å²) in [6.45, 7) is 1.47. The highest BCUT2D eigenvalue weighted by molar-refractivity contribution is 7.81. The van der Waals surface area contributed by atoms with Crippen LogP contribution in [0.3, 0.4) is 0 Å². The Bertz CT molecular complexity index is 227. The molecule has 5 nitrogen and oxygen atoms in total. The van der Waals surface area contributed by atoms with E-state index in [1.807, 2.05) is 4.90 Å². The van der Waals surface area contributed by atoms with Crippen molar-refractivity contribution in [1.29, 1.82) is 5.41 Å². The van der Waals surface area contributed by atoms with Crippen molar-refractivity contribution in [2.75, 3.05) is 18.8 Å². The number of nitrogens with two attached hydrogens (primary N) is 1. The second kappa shape index (κ2) is 5.09. The first-order valence-electron chi connectivity index (χ1n) is 4.52. The van der Waals surface area contributed by atoms with E-state index in [9.17, 15) is 4.79 Å². The van der Waals surface area contributed by atoms with Crippen molar-refractivity contribution >= 4 is 24.6 Å². The highest BCUT2D eigenvalue weighted by Crippen LogP contribution is 2.13. The van der Waals surface area contributed by atoms with Gasteiger partial charge in [-0.1, -0.05) is 0 Å². The second-order valence-corrected chi connectivity index (χ2v) is 3.54. The molecule has 0 unspecified atom stereocenters. The summed E-state index contributed by atoms with van der Waals surface area (Å²) in [5.74, 6) is 0.965. The van der Waals surface area contributed by atoms with Gasteiger partial charge in [-0.15, -0.1) is 0 Å². The average Bonchev–Trinajstić information content (AvgIpc) is 2.17. The number of piperidine rings is 1. The van der Waals surface area contributed by atoms with Gasteiger partial charge in [-0.25, -0.2) is 4.79 Å². The fraction of sp³-hybridized carbons (Fsp3) is 0.750.